The van der Waals surface area contributed by atoms with E-state index in [9.17, 15) is 5.11 Å². The van der Waals surface area contributed by atoms with Crippen molar-refractivity contribution >= 4 is 11.6 Å². The number of β-amino-alcohol motifs (C(OH)–C–C–N with tert-alkyl or cyclic N) is 1. The van der Waals surface area contributed by atoms with Crippen molar-refractivity contribution in [1.82, 2.24) is 15.3 Å². The van der Waals surface area contributed by atoms with Gasteiger partial charge in [-0.2, -0.15) is 0 Å². The summed E-state index contributed by atoms with van der Waals surface area (Å²) in [6, 6.07) is 7.75. The number of nitrogens with zero attached hydrogens (tertiary/aromatic N) is 3. The molecule has 2 heterocycles. The van der Waals surface area contributed by atoms with Crippen molar-refractivity contribution in [2.24, 2.45) is 0 Å². The second-order valence-electron chi connectivity index (χ2n) is 7.69. The van der Waals surface area contributed by atoms with Crippen LogP contribution in [0, 0.1) is 0 Å². The van der Waals surface area contributed by atoms with Crippen molar-refractivity contribution in [2.75, 3.05) is 64.3 Å². The molecule has 9 nitrogen and oxygen atoms in total. The van der Waals surface area contributed by atoms with Crippen LogP contribution < -0.4 is 25.0 Å². The number of nitrogens with one attached hydrogen (secondary N) is 2. The first-order chi connectivity index (χ1) is 15.1. The van der Waals surface area contributed by atoms with E-state index in [1.54, 1.807) is 20.5 Å². The third kappa shape index (κ3) is 6.43. The van der Waals surface area contributed by atoms with Gasteiger partial charge in [-0.05, 0) is 30.5 Å². The minimum Gasteiger partial charge on any atom is -0.493 e. The molecule has 0 aliphatic carbocycles. The lowest BCUT2D eigenvalue weighted by Gasteiger charge is -2.40. The minimum absolute atomic E-state index is 0.456. The van der Waals surface area contributed by atoms with Gasteiger partial charge in [0.2, 0.25) is 0 Å². The van der Waals surface area contributed by atoms with E-state index < -0.39 is 5.60 Å². The van der Waals surface area contributed by atoms with Crippen LogP contribution in [0.1, 0.15) is 18.4 Å². The number of rotatable bonds is 11. The number of aromatic nitrogens is 2. The summed E-state index contributed by atoms with van der Waals surface area (Å²) in [5.74, 6) is 2.96. The van der Waals surface area contributed by atoms with Crippen molar-refractivity contribution in [3.63, 3.8) is 0 Å². The summed E-state index contributed by atoms with van der Waals surface area (Å²) in [5.41, 5.74) is 0.228. The van der Waals surface area contributed by atoms with Crippen LogP contribution in [0.4, 0.5) is 11.6 Å². The Morgan fingerprint density at radius 2 is 2.03 bits per heavy atom. The van der Waals surface area contributed by atoms with Crippen molar-refractivity contribution in [1.29, 1.82) is 0 Å². The van der Waals surface area contributed by atoms with Gasteiger partial charge in [-0.15, -0.1) is 0 Å². The number of hydrogen-bond donors (Lipinski definition) is 3. The number of methoxy groups -OCH3 is 2. The largest absolute Gasteiger partial charge is 0.493 e. The van der Waals surface area contributed by atoms with Crippen molar-refractivity contribution in [2.45, 2.75) is 25.0 Å². The first-order valence-corrected chi connectivity index (χ1v) is 10.5. The Morgan fingerprint density at radius 1 is 1.16 bits per heavy atom. The van der Waals surface area contributed by atoms with Gasteiger partial charge in [0.1, 0.15) is 24.6 Å². The monoisotopic (exact) mass is 431 g/mol. The third-order valence-electron chi connectivity index (χ3n) is 5.34. The first kappa shape index (κ1) is 23.1. The molecule has 170 valence electrons. The van der Waals surface area contributed by atoms with E-state index in [1.807, 2.05) is 31.3 Å². The Balaban J connectivity index is 1.57. The highest BCUT2D eigenvalue weighted by Crippen LogP contribution is 2.29. The Labute approximate surface area is 183 Å². The normalized spacial score (nSPS) is 18.6. The molecule has 2 aromatic rings. The topological polar surface area (TPSA) is 101 Å². The maximum Gasteiger partial charge on any atom is 0.161 e. The van der Waals surface area contributed by atoms with Crippen LogP contribution >= 0.6 is 0 Å². The highest BCUT2D eigenvalue weighted by molar-refractivity contribution is 5.48. The summed E-state index contributed by atoms with van der Waals surface area (Å²) in [4.78, 5) is 10.6. The molecule has 1 aromatic carbocycles. The average molecular weight is 432 g/mol. The number of hydrogen-bond acceptors (Lipinski definition) is 9. The lowest BCUT2D eigenvalue weighted by Crippen LogP contribution is -2.53. The number of ether oxygens (including phenoxy) is 3. The molecule has 3 N–H and O–H groups in total. The molecule has 0 spiro atoms. The third-order valence-corrected chi connectivity index (χ3v) is 5.34. The lowest BCUT2D eigenvalue weighted by molar-refractivity contribution is 0.0259. The molecule has 1 aliphatic rings. The number of benzene rings is 1. The van der Waals surface area contributed by atoms with Crippen LogP contribution in [0.25, 0.3) is 0 Å². The van der Waals surface area contributed by atoms with Crippen LogP contribution in [0.2, 0.25) is 0 Å². The van der Waals surface area contributed by atoms with E-state index in [1.165, 1.54) is 0 Å². The van der Waals surface area contributed by atoms with Crippen LogP contribution in [0.15, 0.2) is 30.6 Å². The predicted molar refractivity (Wildman–Crippen MR) is 120 cm³/mol. The zero-order valence-corrected chi connectivity index (χ0v) is 18.6. The Hall–Kier alpha value is -2.62. The summed E-state index contributed by atoms with van der Waals surface area (Å²) in [5, 5.41) is 17.6. The summed E-state index contributed by atoms with van der Waals surface area (Å²) in [6.07, 6.45) is 3.19. The van der Waals surface area contributed by atoms with E-state index in [2.05, 4.69) is 25.5 Å². The van der Waals surface area contributed by atoms with Gasteiger partial charge in [0, 0.05) is 46.4 Å². The van der Waals surface area contributed by atoms with Gasteiger partial charge in [-0.3, -0.25) is 0 Å². The Bertz CT molecular complexity index is 837. The number of anilines is 2. The van der Waals surface area contributed by atoms with E-state index in [-0.39, 0.29) is 0 Å². The zero-order valence-electron chi connectivity index (χ0n) is 18.6. The summed E-state index contributed by atoms with van der Waals surface area (Å²) in [7, 11) is 5.09. The van der Waals surface area contributed by atoms with Crippen LogP contribution in [-0.4, -0.2) is 74.8 Å². The van der Waals surface area contributed by atoms with Crippen LogP contribution in [-0.2, 0) is 11.3 Å². The molecule has 1 aromatic heterocycles. The summed E-state index contributed by atoms with van der Waals surface area (Å²) in [6.45, 7) is 3.45. The van der Waals surface area contributed by atoms with Gasteiger partial charge >= 0.3 is 0 Å². The maximum absolute atomic E-state index is 11.2. The fourth-order valence-electron chi connectivity index (χ4n) is 3.73. The van der Waals surface area contributed by atoms with Gasteiger partial charge in [0.15, 0.2) is 11.5 Å². The van der Waals surface area contributed by atoms with Crippen molar-refractivity contribution in [3.05, 3.63) is 36.2 Å². The van der Waals surface area contributed by atoms with Crippen molar-refractivity contribution < 1.29 is 19.3 Å². The van der Waals surface area contributed by atoms with Gasteiger partial charge in [0.05, 0.1) is 19.3 Å². The van der Waals surface area contributed by atoms with Gasteiger partial charge in [-0.1, -0.05) is 6.07 Å². The highest BCUT2D eigenvalue weighted by atomic mass is 16.5. The fraction of sp³-hybridized carbons (Fsp3) is 0.545. The van der Waals surface area contributed by atoms with Crippen LogP contribution in [0.5, 0.6) is 11.5 Å². The van der Waals surface area contributed by atoms with Gasteiger partial charge in [0.25, 0.3) is 0 Å². The van der Waals surface area contributed by atoms with Gasteiger partial charge < -0.3 is 34.9 Å². The molecule has 1 atom stereocenters. The smallest absolute Gasteiger partial charge is 0.161 e. The molecular weight excluding hydrogens is 398 g/mol. The molecule has 0 amide bonds. The van der Waals surface area contributed by atoms with E-state index in [0.29, 0.717) is 44.3 Å². The molecule has 1 saturated heterocycles. The molecule has 1 fully saturated rings. The Morgan fingerprint density at radius 3 is 2.81 bits per heavy atom. The molecule has 0 radical (unpaired) electrons. The number of aliphatic hydroxyl groups is 1. The average Bonchev–Trinajstić information content (AvgIpc) is 2.79. The fourth-order valence-corrected chi connectivity index (χ4v) is 3.73. The highest BCUT2D eigenvalue weighted by Gasteiger charge is 2.33. The molecule has 1 aliphatic heterocycles. The lowest BCUT2D eigenvalue weighted by atomic mass is 9.92. The molecule has 0 saturated carbocycles. The molecule has 31 heavy (non-hydrogen) atoms. The molecular formula is C22H33N5O4. The van der Waals surface area contributed by atoms with Crippen LogP contribution in [0.3, 0.4) is 0 Å². The second kappa shape index (κ2) is 11.1. The molecule has 9 heteroatoms. The van der Waals surface area contributed by atoms with E-state index in [0.717, 1.165) is 36.6 Å². The summed E-state index contributed by atoms with van der Waals surface area (Å²) >= 11 is 0. The second-order valence-corrected chi connectivity index (χ2v) is 7.69. The predicted octanol–water partition coefficient (Wildman–Crippen LogP) is 1.67. The summed E-state index contributed by atoms with van der Waals surface area (Å²) < 4.78 is 16.2. The standard InChI is InChI=1S/C22H33N5O4/c1-23-20-12-21(26-16-25-20)27-8-4-7-22(28,15-27)14-24-13-17-5-6-18(30-3)19(11-17)31-10-9-29-2/h5-6,11-12,16,24,28H,4,7-10,13-15H2,1-3H3,(H,23,25,26). The molecule has 0 bridgehead atoms. The minimum atomic E-state index is -0.826. The molecule has 3 rings (SSSR count). The van der Waals surface area contributed by atoms with E-state index >= 15 is 0 Å². The van der Waals surface area contributed by atoms with Gasteiger partial charge in [-0.25, -0.2) is 9.97 Å². The SMILES string of the molecule is CNc1cc(N2CCCC(O)(CNCc3ccc(OC)c(OCCOC)c3)C2)ncn1. The Kier molecular flexibility index (Phi) is 8.27. The maximum atomic E-state index is 11.2. The quantitative estimate of drug-likeness (QED) is 0.459. The molecule has 1 unspecified atom stereocenters. The zero-order chi connectivity index (χ0) is 22.1. The number of piperidine rings is 1. The first-order valence-electron chi connectivity index (χ1n) is 10.5. The van der Waals surface area contributed by atoms with Crippen molar-refractivity contribution in [3.8, 4) is 11.5 Å². The van der Waals surface area contributed by atoms with E-state index in [4.69, 9.17) is 14.2 Å².